The Morgan fingerprint density at radius 3 is 1.75 bits per heavy atom. The first-order valence-corrected chi connectivity index (χ1v) is 10.6. The van der Waals surface area contributed by atoms with Crippen molar-refractivity contribution in [3.05, 3.63) is 35.4 Å². The Hall–Kier alpha value is 0.130. The Morgan fingerprint density at radius 2 is 1.25 bits per heavy atom. The van der Waals surface area contributed by atoms with E-state index in [0.717, 1.165) is 18.4 Å². The molecule has 0 saturated heterocycles. The van der Waals surface area contributed by atoms with Crippen molar-refractivity contribution in [3.8, 4) is 0 Å². The molecule has 0 heterocycles. The molecule has 0 radical (unpaired) electrons. The molecule has 0 amide bonds. The van der Waals surface area contributed by atoms with E-state index < -0.39 is 10.1 Å². The molecule has 132 valence electrons. The summed E-state index contributed by atoms with van der Waals surface area (Å²) in [6, 6.07) is 7.39. The second-order valence-corrected chi connectivity index (χ2v) is 7.81. The van der Waals surface area contributed by atoms with Crippen LogP contribution in [-0.4, -0.2) is 13.0 Å². The van der Waals surface area contributed by atoms with Gasteiger partial charge in [-0.1, -0.05) is 89.0 Å². The van der Waals surface area contributed by atoms with Gasteiger partial charge in [0.05, 0.1) is 15.9 Å². The molecule has 0 aromatic heterocycles. The first-order chi connectivity index (χ1) is 11.0. The van der Waals surface area contributed by atoms with Crippen molar-refractivity contribution >= 4 is 10.1 Å². The van der Waals surface area contributed by atoms with E-state index in [1.165, 1.54) is 57.8 Å². The van der Waals surface area contributed by atoms with E-state index in [1.54, 1.807) is 12.1 Å². The third-order valence-corrected chi connectivity index (χ3v) is 4.91. The van der Waals surface area contributed by atoms with Gasteiger partial charge in [0.25, 0.3) is 0 Å². The molecule has 0 aliphatic heterocycles. The number of benzene rings is 1. The third kappa shape index (κ3) is 12.5. The molecular weight excluding hydrogens is 331 g/mol. The van der Waals surface area contributed by atoms with Gasteiger partial charge in [-0.2, -0.15) is 0 Å². The van der Waals surface area contributed by atoms with Gasteiger partial charge in [0.1, 0.15) is 0 Å². The smallest absolute Gasteiger partial charge is 0.748 e. The fraction of sp³-hybridized carbons (Fsp3) is 0.684. The predicted octanol–water partition coefficient (Wildman–Crippen LogP) is 2.20. The van der Waals surface area contributed by atoms with Crippen LogP contribution in [0.4, 0.5) is 0 Å². The van der Waals surface area contributed by atoms with Crippen LogP contribution in [0.3, 0.4) is 0 Å². The maximum atomic E-state index is 10.9. The molecule has 0 unspecified atom stereocenters. The van der Waals surface area contributed by atoms with Gasteiger partial charge in [-0.3, -0.25) is 0 Å². The van der Waals surface area contributed by atoms with E-state index in [0.29, 0.717) is 5.56 Å². The molecule has 0 bridgehead atoms. The standard InChI is InChI=1S/C19H32O3S.Na/c1-2-3-4-5-6-7-8-9-10-11-14-18-15-12-13-16-19(18)17-23(20,21)22;/h12-13,15-16H,2-11,14,17H2,1H3,(H,20,21,22);/q;+1/p-1. The average Bonchev–Trinajstić information content (AvgIpc) is 2.49. The monoisotopic (exact) mass is 362 g/mol. The molecule has 0 N–H and O–H groups in total. The van der Waals surface area contributed by atoms with E-state index in [9.17, 15) is 13.0 Å². The Morgan fingerprint density at radius 1 is 0.792 bits per heavy atom. The number of hydrogen-bond acceptors (Lipinski definition) is 3. The Balaban J connectivity index is 0.00000529. The van der Waals surface area contributed by atoms with Gasteiger partial charge in [0.2, 0.25) is 0 Å². The zero-order valence-electron chi connectivity index (χ0n) is 15.4. The Labute approximate surface area is 170 Å². The minimum Gasteiger partial charge on any atom is -0.748 e. The van der Waals surface area contributed by atoms with Gasteiger partial charge in [0, 0.05) is 0 Å². The largest absolute Gasteiger partial charge is 1.00 e. The van der Waals surface area contributed by atoms with E-state index in [2.05, 4.69) is 6.92 Å². The number of aryl methyl sites for hydroxylation is 1. The van der Waals surface area contributed by atoms with Crippen molar-refractivity contribution in [3.63, 3.8) is 0 Å². The zero-order chi connectivity index (χ0) is 17.0. The summed E-state index contributed by atoms with van der Waals surface area (Å²) in [6.45, 7) is 2.24. The van der Waals surface area contributed by atoms with Crippen molar-refractivity contribution < 1.29 is 42.5 Å². The number of hydrogen-bond donors (Lipinski definition) is 0. The normalized spacial score (nSPS) is 11.2. The maximum Gasteiger partial charge on any atom is 1.00 e. The second kappa shape index (κ2) is 14.3. The van der Waals surface area contributed by atoms with E-state index in [4.69, 9.17) is 0 Å². The van der Waals surface area contributed by atoms with Gasteiger partial charge in [-0.15, -0.1) is 0 Å². The van der Waals surface area contributed by atoms with Crippen LogP contribution in [0.25, 0.3) is 0 Å². The van der Waals surface area contributed by atoms with Gasteiger partial charge in [-0.05, 0) is 24.0 Å². The van der Waals surface area contributed by atoms with Crippen LogP contribution in [0.15, 0.2) is 24.3 Å². The molecule has 5 heteroatoms. The summed E-state index contributed by atoms with van der Waals surface area (Å²) < 4.78 is 32.8. The quantitative estimate of drug-likeness (QED) is 0.307. The topological polar surface area (TPSA) is 57.2 Å². The van der Waals surface area contributed by atoms with Crippen LogP contribution in [0.1, 0.15) is 82.3 Å². The Kier molecular flexibility index (Phi) is 14.4. The molecule has 24 heavy (non-hydrogen) atoms. The summed E-state index contributed by atoms with van der Waals surface area (Å²) in [5.41, 5.74) is 1.67. The molecule has 3 nitrogen and oxygen atoms in total. The first-order valence-electron chi connectivity index (χ1n) is 9.03. The van der Waals surface area contributed by atoms with Crippen molar-refractivity contribution in [1.82, 2.24) is 0 Å². The van der Waals surface area contributed by atoms with Gasteiger partial charge in [0.15, 0.2) is 0 Å². The van der Waals surface area contributed by atoms with Crippen LogP contribution in [0.2, 0.25) is 0 Å². The van der Waals surface area contributed by atoms with Crippen molar-refractivity contribution in [2.24, 2.45) is 0 Å². The molecular formula is C19H31NaO3S. The average molecular weight is 363 g/mol. The van der Waals surface area contributed by atoms with Gasteiger partial charge in [-0.25, -0.2) is 8.42 Å². The summed E-state index contributed by atoms with van der Waals surface area (Å²) in [4.78, 5) is 0. The predicted molar refractivity (Wildman–Crippen MR) is 95.4 cm³/mol. The summed E-state index contributed by atoms with van der Waals surface area (Å²) in [5, 5.41) is 0. The van der Waals surface area contributed by atoms with E-state index in [1.807, 2.05) is 12.1 Å². The molecule has 0 atom stereocenters. The molecule has 0 aliphatic rings. The second-order valence-electron chi connectivity index (χ2n) is 6.40. The van der Waals surface area contributed by atoms with E-state index in [-0.39, 0.29) is 35.3 Å². The molecule has 0 saturated carbocycles. The zero-order valence-corrected chi connectivity index (χ0v) is 18.2. The SMILES string of the molecule is CCCCCCCCCCCCc1ccccc1CS(=O)(=O)[O-].[Na+]. The Bertz CT molecular complexity index is 529. The molecule has 1 aromatic rings. The molecule has 0 fully saturated rings. The molecule has 1 rings (SSSR count). The van der Waals surface area contributed by atoms with Crippen molar-refractivity contribution in [1.29, 1.82) is 0 Å². The summed E-state index contributed by atoms with van der Waals surface area (Å²) >= 11 is 0. The minimum absolute atomic E-state index is 0. The molecule has 0 spiro atoms. The molecule has 0 aliphatic carbocycles. The summed E-state index contributed by atoms with van der Waals surface area (Å²) in [6.07, 6.45) is 13.7. The van der Waals surface area contributed by atoms with Gasteiger partial charge >= 0.3 is 29.6 Å². The van der Waals surface area contributed by atoms with Crippen LogP contribution in [-0.2, 0) is 22.3 Å². The van der Waals surface area contributed by atoms with Crippen LogP contribution in [0, 0.1) is 0 Å². The minimum atomic E-state index is -4.20. The van der Waals surface area contributed by atoms with Crippen LogP contribution >= 0.6 is 0 Å². The van der Waals surface area contributed by atoms with E-state index >= 15 is 0 Å². The number of unbranched alkanes of at least 4 members (excludes halogenated alkanes) is 9. The van der Waals surface area contributed by atoms with Crippen LogP contribution in [0.5, 0.6) is 0 Å². The molecule has 1 aromatic carbocycles. The number of rotatable bonds is 13. The third-order valence-electron chi connectivity index (χ3n) is 4.25. The summed E-state index contributed by atoms with van der Waals surface area (Å²) in [5.74, 6) is -0.388. The fourth-order valence-electron chi connectivity index (χ4n) is 2.94. The van der Waals surface area contributed by atoms with Crippen molar-refractivity contribution in [2.45, 2.75) is 83.3 Å². The first kappa shape index (κ1) is 24.1. The van der Waals surface area contributed by atoms with Gasteiger partial charge < -0.3 is 4.55 Å². The summed E-state index contributed by atoms with van der Waals surface area (Å²) in [7, 11) is -4.20. The van der Waals surface area contributed by atoms with Crippen molar-refractivity contribution in [2.75, 3.05) is 0 Å². The fourth-order valence-corrected chi connectivity index (χ4v) is 3.60. The van der Waals surface area contributed by atoms with Crippen LogP contribution < -0.4 is 29.6 Å². The maximum absolute atomic E-state index is 10.9.